The first-order valence-corrected chi connectivity index (χ1v) is 19.2. The third-order valence-corrected chi connectivity index (χ3v) is 11.4. The van der Waals surface area contributed by atoms with Gasteiger partial charge in [-0.3, -0.25) is 4.57 Å². The molecular weight excluding hydrogens is 577 g/mol. The Hall–Kier alpha value is -1.56. The van der Waals surface area contributed by atoms with E-state index in [2.05, 4.69) is 35.7 Å². The summed E-state index contributed by atoms with van der Waals surface area (Å²) in [6, 6.07) is 0.764. The molecule has 1 aliphatic heterocycles. The highest BCUT2D eigenvalue weighted by atomic mass is 31.2. The molecule has 0 spiro atoms. The van der Waals surface area contributed by atoms with Crippen LogP contribution in [-0.4, -0.2) is 104 Å². The highest BCUT2D eigenvalue weighted by Crippen LogP contribution is 2.47. The third-order valence-electron chi connectivity index (χ3n) is 9.37. The third kappa shape index (κ3) is 12.3. The summed E-state index contributed by atoms with van der Waals surface area (Å²) in [4.78, 5) is 18.1. The first-order chi connectivity index (χ1) is 21.5. The second-order valence-electron chi connectivity index (χ2n) is 12.8. The minimum Gasteiger partial charge on any atom is -0.368 e. The summed E-state index contributed by atoms with van der Waals surface area (Å²) in [6.45, 7) is 12.8. The molecule has 13 heteroatoms. The lowest BCUT2D eigenvalue weighted by Crippen LogP contribution is -2.34. The van der Waals surface area contributed by atoms with Gasteiger partial charge in [-0.1, -0.05) is 19.3 Å². The van der Waals surface area contributed by atoms with Crippen molar-refractivity contribution in [3.63, 3.8) is 0 Å². The molecule has 1 saturated heterocycles. The van der Waals surface area contributed by atoms with Crippen molar-refractivity contribution in [1.82, 2.24) is 30.5 Å². The van der Waals surface area contributed by atoms with Crippen LogP contribution in [-0.2, 0) is 13.6 Å². The van der Waals surface area contributed by atoms with Gasteiger partial charge in [-0.25, -0.2) is 0 Å². The van der Waals surface area contributed by atoms with Crippen molar-refractivity contribution < 1.29 is 13.6 Å². The lowest BCUT2D eigenvalue weighted by atomic mass is 9.82. The summed E-state index contributed by atoms with van der Waals surface area (Å²) >= 11 is 0. The molecule has 2 aliphatic carbocycles. The fourth-order valence-corrected chi connectivity index (χ4v) is 8.47. The summed E-state index contributed by atoms with van der Waals surface area (Å²) in [5.74, 6) is 2.85. The molecule has 3 aliphatic rings. The summed E-state index contributed by atoms with van der Waals surface area (Å²) in [6.07, 6.45) is 14.5. The zero-order valence-corrected chi connectivity index (χ0v) is 28.4. The van der Waals surface area contributed by atoms with Crippen LogP contribution >= 0.6 is 7.60 Å². The number of nitrogens with two attached hydrogens (primary N) is 1. The number of nitrogens with zero attached hydrogens (tertiary/aromatic N) is 5. The number of nitrogens with one attached hydrogen (secondary N) is 3. The van der Waals surface area contributed by atoms with Crippen molar-refractivity contribution in [3.05, 3.63) is 0 Å². The van der Waals surface area contributed by atoms with Gasteiger partial charge in [0.1, 0.15) is 0 Å². The summed E-state index contributed by atoms with van der Waals surface area (Å²) in [7, 11) is -3.04. The van der Waals surface area contributed by atoms with E-state index in [1.165, 1.54) is 64.2 Å². The minimum atomic E-state index is -3.04. The standard InChI is InChI=1S/C31H60N9O3P/c1-3-42-44(41,43-4-2)23-22-39-18-9-19-40(21-20-39)31-37-29(32)36-30(38-31)35-25-27-14-12-26(13-15-27)24-33-16-8-17-34-28-10-6-5-7-11-28/h26-28,33-34H,3-25H2,1-2H3,(H3,32,35,36,37,38). The Balaban J connectivity index is 1.12. The van der Waals surface area contributed by atoms with Crippen molar-refractivity contribution in [2.45, 2.75) is 90.5 Å². The lowest BCUT2D eigenvalue weighted by molar-refractivity contribution is 0.213. The normalized spacial score (nSPS) is 22.6. The molecule has 2 saturated carbocycles. The van der Waals surface area contributed by atoms with E-state index in [0.29, 0.717) is 43.7 Å². The van der Waals surface area contributed by atoms with E-state index in [-0.39, 0.29) is 5.95 Å². The van der Waals surface area contributed by atoms with Crippen LogP contribution in [0.4, 0.5) is 17.8 Å². The second kappa shape index (κ2) is 19.2. The number of hydrogen-bond donors (Lipinski definition) is 4. The molecule has 44 heavy (non-hydrogen) atoms. The average molecular weight is 638 g/mol. The number of anilines is 3. The number of hydrogen-bond acceptors (Lipinski definition) is 12. The van der Waals surface area contributed by atoms with Crippen molar-refractivity contribution in [3.8, 4) is 0 Å². The van der Waals surface area contributed by atoms with Crippen LogP contribution in [0.15, 0.2) is 0 Å². The smallest absolute Gasteiger partial charge is 0.331 e. The molecule has 2 heterocycles. The summed E-state index contributed by atoms with van der Waals surface area (Å²) < 4.78 is 23.8. The molecular formula is C31H60N9O3P. The van der Waals surface area contributed by atoms with Gasteiger partial charge < -0.3 is 40.5 Å². The Morgan fingerprint density at radius 2 is 1.57 bits per heavy atom. The molecule has 0 bridgehead atoms. The fourth-order valence-electron chi connectivity index (χ4n) is 6.83. The molecule has 0 atom stereocenters. The van der Waals surface area contributed by atoms with Crippen LogP contribution in [0.2, 0.25) is 0 Å². The highest BCUT2D eigenvalue weighted by molar-refractivity contribution is 7.53. The predicted octanol–water partition coefficient (Wildman–Crippen LogP) is 4.35. The Morgan fingerprint density at radius 1 is 0.841 bits per heavy atom. The molecule has 0 unspecified atom stereocenters. The number of rotatable bonds is 18. The van der Waals surface area contributed by atoms with Gasteiger partial charge in [-0.05, 0) is 103 Å². The summed E-state index contributed by atoms with van der Waals surface area (Å²) in [5.41, 5.74) is 6.12. The largest absolute Gasteiger partial charge is 0.368 e. The minimum absolute atomic E-state index is 0.247. The van der Waals surface area contributed by atoms with Gasteiger partial charge in [0.05, 0.1) is 19.4 Å². The maximum Gasteiger partial charge on any atom is 0.331 e. The molecule has 252 valence electrons. The molecule has 5 N–H and O–H groups in total. The molecule has 1 aromatic heterocycles. The van der Waals surface area contributed by atoms with Crippen molar-refractivity contribution >= 4 is 25.4 Å². The zero-order valence-electron chi connectivity index (χ0n) is 27.5. The Labute approximate surface area is 265 Å². The van der Waals surface area contributed by atoms with Crippen LogP contribution < -0.4 is 26.6 Å². The van der Waals surface area contributed by atoms with Crippen molar-refractivity contribution in [2.75, 3.05) is 94.2 Å². The van der Waals surface area contributed by atoms with Crippen LogP contribution in [0.3, 0.4) is 0 Å². The molecule has 3 fully saturated rings. The van der Waals surface area contributed by atoms with Crippen LogP contribution in [0, 0.1) is 11.8 Å². The van der Waals surface area contributed by atoms with E-state index in [9.17, 15) is 4.57 Å². The Kier molecular flexibility index (Phi) is 15.4. The van der Waals surface area contributed by atoms with Gasteiger partial charge in [0, 0.05) is 38.8 Å². The number of nitrogen functional groups attached to an aromatic ring is 1. The van der Waals surface area contributed by atoms with Crippen molar-refractivity contribution in [2.24, 2.45) is 11.8 Å². The lowest BCUT2D eigenvalue weighted by Gasteiger charge is -2.29. The maximum absolute atomic E-state index is 12.9. The highest BCUT2D eigenvalue weighted by Gasteiger charge is 2.26. The van der Waals surface area contributed by atoms with Gasteiger partial charge in [-0.2, -0.15) is 15.0 Å². The van der Waals surface area contributed by atoms with E-state index in [0.717, 1.165) is 70.7 Å². The molecule has 1 aromatic rings. The maximum atomic E-state index is 12.9. The Morgan fingerprint density at radius 3 is 2.30 bits per heavy atom. The fraction of sp³-hybridized carbons (Fsp3) is 0.903. The quantitative estimate of drug-likeness (QED) is 0.134. The van der Waals surface area contributed by atoms with Gasteiger partial charge in [0.15, 0.2) is 0 Å². The van der Waals surface area contributed by atoms with Gasteiger partial charge >= 0.3 is 7.60 Å². The Bertz CT molecular complexity index is 982. The second-order valence-corrected chi connectivity index (χ2v) is 15.0. The molecule has 12 nitrogen and oxygen atoms in total. The topological polar surface area (TPSA) is 143 Å². The molecule has 0 amide bonds. The molecule has 4 rings (SSSR count). The van der Waals surface area contributed by atoms with E-state index in [1.807, 2.05) is 13.8 Å². The average Bonchev–Trinajstić information content (AvgIpc) is 3.28. The van der Waals surface area contributed by atoms with Gasteiger partial charge in [-0.15, -0.1) is 0 Å². The molecule has 0 aromatic carbocycles. The van der Waals surface area contributed by atoms with E-state index >= 15 is 0 Å². The predicted molar refractivity (Wildman–Crippen MR) is 180 cm³/mol. The van der Waals surface area contributed by atoms with E-state index < -0.39 is 7.60 Å². The van der Waals surface area contributed by atoms with Crippen molar-refractivity contribution in [1.29, 1.82) is 0 Å². The van der Waals surface area contributed by atoms with Crippen LogP contribution in [0.1, 0.15) is 84.5 Å². The summed E-state index contributed by atoms with van der Waals surface area (Å²) in [5, 5.41) is 10.9. The van der Waals surface area contributed by atoms with E-state index in [4.69, 9.17) is 19.8 Å². The molecule has 0 radical (unpaired) electrons. The van der Waals surface area contributed by atoms with Crippen LogP contribution in [0.5, 0.6) is 0 Å². The first kappa shape index (κ1) is 35.3. The van der Waals surface area contributed by atoms with Gasteiger partial charge in [0.25, 0.3) is 0 Å². The number of aromatic nitrogens is 3. The SMILES string of the molecule is CCOP(=O)(CCN1CCCN(c2nc(N)nc(NCC3CCC(CNCCCNC4CCCCC4)CC3)n2)CC1)OCC. The van der Waals surface area contributed by atoms with Crippen LogP contribution in [0.25, 0.3) is 0 Å². The van der Waals surface area contributed by atoms with E-state index in [1.54, 1.807) is 0 Å². The monoisotopic (exact) mass is 637 g/mol. The first-order valence-electron chi connectivity index (χ1n) is 17.5. The van der Waals surface area contributed by atoms with Gasteiger partial charge in [0.2, 0.25) is 17.8 Å². The zero-order chi connectivity index (χ0) is 31.0.